The number of nitrogens with one attached hydrogen (secondary N) is 1. The van der Waals surface area contributed by atoms with Crippen LogP contribution in [-0.4, -0.2) is 45.3 Å². The SMILES string of the molecule is CCCN(CC(F)(F)F)C(=O)c1nc(N)n[nH]1. The zero-order chi connectivity index (χ0) is 13.1. The number of H-pyrrole nitrogens is 1. The molecule has 1 amide bonds. The van der Waals surface area contributed by atoms with E-state index in [1.165, 1.54) is 0 Å². The number of aromatic amines is 1. The van der Waals surface area contributed by atoms with Crippen molar-refractivity contribution in [3.05, 3.63) is 5.82 Å². The summed E-state index contributed by atoms with van der Waals surface area (Å²) >= 11 is 0. The summed E-state index contributed by atoms with van der Waals surface area (Å²) in [6.45, 7) is 0.338. The van der Waals surface area contributed by atoms with Crippen molar-refractivity contribution in [1.29, 1.82) is 0 Å². The van der Waals surface area contributed by atoms with Gasteiger partial charge in [0.25, 0.3) is 5.91 Å². The molecule has 0 unspecified atom stereocenters. The van der Waals surface area contributed by atoms with Crippen LogP contribution >= 0.6 is 0 Å². The number of halogens is 3. The van der Waals surface area contributed by atoms with Crippen LogP contribution in [-0.2, 0) is 0 Å². The average Bonchev–Trinajstić information content (AvgIpc) is 2.61. The van der Waals surface area contributed by atoms with E-state index in [1.807, 2.05) is 0 Å². The van der Waals surface area contributed by atoms with Crippen molar-refractivity contribution in [2.24, 2.45) is 0 Å². The Morgan fingerprint density at radius 3 is 2.59 bits per heavy atom. The molecule has 0 aliphatic carbocycles. The number of alkyl halides is 3. The molecule has 0 spiro atoms. The summed E-state index contributed by atoms with van der Waals surface area (Å²) in [5.74, 6) is -1.34. The highest BCUT2D eigenvalue weighted by Gasteiger charge is 2.33. The second-order valence-corrected chi connectivity index (χ2v) is 3.38. The van der Waals surface area contributed by atoms with Gasteiger partial charge < -0.3 is 10.6 Å². The zero-order valence-electron chi connectivity index (χ0n) is 9.08. The maximum absolute atomic E-state index is 12.2. The lowest BCUT2D eigenvalue weighted by Crippen LogP contribution is -2.39. The minimum absolute atomic E-state index is 0.0149. The first-order valence-corrected chi connectivity index (χ1v) is 4.87. The Hall–Kier alpha value is -1.80. The van der Waals surface area contributed by atoms with Crippen LogP contribution in [0.2, 0.25) is 0 Å². The third-order valence-corrected chi connectivity index (χ3v) is 1.86. The first kappa shape index (κ1) is 13.3. The summed E-state index contributed by atoms with van der Waals surface area (Å²) in [6, 6.07) is 0. The van der Waals surface area contributed by atoms with Crippen LogP contribution in [0.3, 0.4) is 0 Å². The van der Waals surface area contributed by atoms with Gasteiger partial charge in [0.15, 0.2) is 0 Å². The van der Waals surface area contributed by atoms with Crippen molar-refractivity contribution >= 4 is 11.9 Å². The summed E-state index contributed by atoms with van der Waals surface area (Å²) < 4.78 is 36.7. The fraction of sp³-hybridized carbons (Fsp3) is 0.625. The Balaban J connectivity index is 2.80. The number of anilines is 1. The predicted octanol–water partition coefficient (Wildman–Crippen LogP) is 0.801. The quantitative estimate of drug-likeness (QED) is 0.828. The fourth-order valence-corrected chi connectivity index (χ4v) is 1.26. The number of carbonyl (C=O) groups is 1. The van der Waals surface area contributed by atoms with E-state index < -0.39 is 18.6 Å². The van der Waals surface area contributed by atoms with Gasteiger partial charge in [0.2, 0.25) is 11.8 Å². The smallest absolute Gasteiger partial charge is 0.366 e. The summed E-state index contributed by atoms with van der Waals surface area (Å²) in [5.41, 5.74) is 5.17. The molecule has 0 aromatic carbocycles. The lowest BCUT2D eigenvalue weighted by molar-refractivity contribution is -0.140. The summed E-state index contributed by atoms with van der Waals surface area (Å²) in [5, 5.41) is 5.57. The maximum Gasteiger partial charge on any atom is 0.406 e. The Bertz CT molecular complexity index is 389. The van der Waals surface area contributed by atoms with Crippen molar-refractivity contribution < 1.29 is 18.0 Å². The molecule has 0 aliphatic rings. The highest BCUT2D eigenvalue weighted by Crippen LogP contribution is 2.17. The van der Waals surface area contributed by atoms with E-state index in [0.29, 0.717) is 11.3 Å². The van der Waals surface area contributed by atoms with Gasteiger partial charge in [0.05, 0.1) is 0 Å². The van der Waals surface area contributed by atoms with Crippen LogP contribution in [0.4, 0.5) is 19.1 Å². The number of nitrogens with two attached hydrogens (primary N) is 1. The standard InChI is InChI=1S/C8H12F3N5O/c1-2-3-16(4-8(9,10)11)6(17)5-13-7(12)15-14-5/h2-4H2,1H3,(H3,12,13,14,15). The first-order valence-electron chi connectivity index (χ1n) is 4.87. The van der Waals surface area contributed by atoms with Gasteiger partial charge in [-0.2, -0.15) is 18.2 Å². The molecule has 3 N–H and O–H groups in total. The second-order valence-electron chi connectivity index (χ2n) is 3.38. The topological polar surface area (TPSA) is 87.9 Å². The van der Waals surface area contributed by atoms with Gasteiger partial charge in [-0.05, 0) is 6.42 Å². The van der Waals surface area contributed by atoms with Gasteiger partial charge in [-0.15, -0.1) is 5.10 Å². The minimum atomic E-state index is -4.45. The normalized spacial score (nSPS) is 11.5. The lowest BCUT2D eigenvalue weighted by atomic mass is 10.3. The van der Waals surface area contributed by atoms with Crippen LogP contribution in [0.15, 0.2) is 0 Å². The van der Waals surface area contributed by atoms with Crippen molar-refractivity contribution in [2.45, 2.75) is 19.5 Å². The van der Waals surface area contributed by atoms with Crippen molar-refractivity contribution in [1.82, 2.24) is 20.1 Å². The minimum Gasteiger partial charge on any atom is -0.366 e. The molecule has 0 fully saturated rings. The summed E-state index contributed by atoms with van der Waals surface area (Å²) in [7, 11) is 0. The zero-order valence-corrected chi connectivity index (χ0v) is 9.08. The van der Waals surface area contributed by atoms with Crippen LogP contribution in [0.25, 0.3) is 0 Å². The molecule has 17 heavy (non-hydrogen) atoms. The third-order valence-electron chi connectivity index (χ3n) is 1.86. The molecule has 0 bridgehead atoms. The third kappa shape index (κ3) is 3.93. The number of nitrogen functional groups attached to an aromatic ring is 1. The van der Waals surface area contributed by atoms with E-state index in [1.54, 1.807) is 6.92 Å². The number of hydrogen-bond donors (Lipinski definition) is 2. The molecule has 0 radical (unpaired) electrons. The number of rotatable bonds is 4. The monoisotopic (exact) mass is 251 g/mol. The van der Waals surface area contributed by atoms with Gasteiger partial charge in [-0.1, -0.05) is 6.92 Å². The Labute approximate surface area is 95.0 Å². The number of carbonyl (C=O) groups excluding carboxylic acids is 1. The summed E-state index contributed by atoms with van der Waals surface area (Å²) in [6.07, 6.45) is -4.04. The van der Waals surface area contributed by atoms with Crippen molar-refractivity contribution in [2.75, 3.05) is 18.8 Å². The molecule has 1 aromatic heterocycles. The van der Waals surface area contributed by atoms with Crippen molar-refractivity contribution in [3.63, 3.8) is 0 Å². The highest BCUT2D eigenvalue weighted by atomic mass is 19.4. The van der Waals surface area contributed by atoms with Gasteiger partial charge in [-0.25, -0.2) is 0 Å². The molecule has 0 saturated carbocycles. The van der Waals surface area contributed by atoms with E-state index in [9.17, 15) is 18.0 Å². The molecule has 1 heterocycles. The van der Waals surface area contributed by atoms with Crippen LogP contribution in [0.1, 0.15) is 24.0 Å². The van der Waals surface area contributed by atoms with E-state index in [4.69, 9.17) is 5.73 Å². The predicted molar refractivity (Wildman–Crippen MR) is 53.0 cm³/mol. The Morgan fingerprint density at radius 2 is 2.18 bits per heavy atom. The average molecular weight is 251 g/mol. The molecular formula is C8H12F3N5O. The van der Waals surface area contributed by atoms with E-state index in [-0.39, 0.29) is 18.3 Å². The Kier molecular flexibility index (Phi) is 3.92. The lowest BCUT2D eigenvalue weighted by Gasteiger charge is -2.22. The molecule has 9 heteroatoms. The van der Waals surface area contributed by atoms with E-state index >= 15 is 0 Å². The molecular weight excluding hydrogens is 239 g/mol. The Morgan fingerprint density at radius 1 is 1.53 bits per heavy atom. The van der Waals surface area contributed by atoms with E-state index in [0.717, 1.165) is 0 Å². The van der Waals surface area contributed by atoms with Crippen LogP contribution < -0.4 is 5.73 Å². The molecule has 1 aromatic rings. The van der Waals surface area contributed by atoms with Gasteiger partial charge in [0, 0.05) is 6.54 Å². The van der Waals surface area contributed by atoms with Crippen molar-refractivity contribution in [3.8, 4) is 0 Å². The first-order chi connectivity index (χ1) is 7.83. The van der Waals surface area contributed by atoms with Gasteiger partial charge in [-0.3, -0.25) is 9.89 Å². The molecule has 6 nitrogen and oxygen atoms in total. The molecule has 0 aliphatic heterocycles. The number of hydrogen-bond acceptors (Lipinski definition) is 4. The highest BCUT2D eigenvalue weighted by molar-refractivity contribution is 5.90. The molecule has 0 saturated heterocycles. The molecule has 0 atom stereocenters. The fourth-order valence-electron chi connectivity index (χ4n) is 1.26. The maximum atomic E-state index is 12.2. The van der Waals surface area contributed by atoms with Gasteiger partial charge in [0.1, 0.15) is 6.54 Å². The largest absolute Gasteiger partial charge is 0.406 e. The number of amides is 1. The van der Waals surface area contributed by atoms with E-state index in [2.05, 4.69) is 15.2 Å². The van der Waals surface area contributed by atoms with Crippen LogP contribution in [0, 0.1) is 0 Å². The summed E-state index contributed by atoms with van der Waals surface area (Å²) in [4.78, 5) is 15.8. The van der Waals surface area contributed by atoms with Gasteiger partial charge >= 0.3 is 6.18 Å². The second kappa shape index (κ2) is 5.02. The number of nitrogens with zero attached hydrogens (tertiary/aromatic N) is 3. The molecule has 1 rings (SSSR count). The van der Waals surface area contributed by atoms with Crippen LogP contribution in [0.5, 0.6) is 0 Å². The number of aromatic nitrogens is 3. The molecule has 96 valence electrons.